The molecular weight excluding hydrogens is 360 g/mol. The number of aryl methyl sites for hydroxylation is 1. The fourth-order valence-corrected chi connectivity index (χ4v) is 4.25. The number of carbonyl (C=O) groups is 1. The molecule has 0 unspecified atom stereocenters. The van der Waals surface area contributed by atoms with E-state index in [-0.39, 0.29) is 12.0 Å². The molecule has 1 atom stereocenters. The summed E-state index contributed by atoms with van der Waals surface area (Å²) in [6.07, 6.45) is 2.31. The second-order valence-electron chi connectivity index (χ2n) is 6.96. The number of ether oxygens (including phenoxy) is 1. The lowest BCUT2D eigenvalue weighted by atomic mass is 10.1. The first kappa shape index (κ1) is 18.2. The summed E-state index contributed by atoms with van der Waals surface area (Å²) in [5, 5.41) is 5.05. The number of nitrogens with one attached hydrogen (secondary N) is 1. The molecule has 142 valence electrons. The fraction of sp³-hybridized carbons (Fsp3) is 0.400. The summed E-state index contributed by atoms with van der Waals surface area (Å²) in [5.41, 5.74) is 3.33. The van der Waals surface area contributed by atoms with E-state index in [1.165, 1.54) is 5.56 Å². The SMILES string of the molecule is Cc1csc2nc(CNC(=O)C[C@H]3CN(Cc4ccccc4)CCO3)cn12. The summed E-state index contributed by atoms with van der Waals surface area (Å²) in [5.74, 6) is 0.00892. The average molecular weight is 385 g/mol. The summed E-state index contributed by atoms with van der Waals surface area (Å²) in [6, 6.07) is 10.4. The van der Waals surface area contributed by atoms with Crippen molar-refractivity contribution in [1.29, 1.82) is 0 Å². The molecule has 0 saturated carbocycles. The third-order valence-corrected chi connectivity index (χ3v) is 5.75. The van der Waals surface area contributed by atoms with Crippen LogP contribution in [0.1, 0.15) is 23.4 Å². The summed E-state index contributed by atoms with van der Waals surface area (Å²) < 4.78 is 7.85. The third-order valence-electron chi connectivity index (χ3n) is 4.79. The van der Waals surface area contributed by atoms with Gasteiger partial charge in [-0.05, 0) is 12.5 Å². The van der Waals surface area contributed by atoms with Gasteiger partial charge in [-0.3, -0.25) is 14.1 Å². The molecule has 2 aromatic heterocycles. The Labute approximate surface area is 162 Å². The zero-order valence-corrected chi connectivity index (χ0v) is 16.2. The van der Waals surface area contributed by atoms with E-state index in [4.69, 9.17) is 4.74 Å². The van der Waals surface area contributed by atoms with Gasteiger partial charge in [0.15, 0.2) is 4.96 Å². The van der Waals surface area contributed by atoms with Crippen molar-refractivity contribution < 1.29 is 9.53 Å². The molecule has 1 aliphatic heterocycles. The number of aromatic nitrogens is 2. The third kappa shape index (κ3) is 4.55. The van der Waals surface area contributed by atoms with Gasteiger partial charge >= 0.3 is 0 Å². The maximum absolute atomic E-state index is 12.3. The van der Waals surface area contributed by atoms with Crippen molar-refractivity contribution in [3.63, 3.8) is 0 Å². The predicted molar refractivity (Wildman–Crippen MR) is 106 cm³/mol. The number of hydrogen-bond donors (Lipinski definition) is 1. The van der Waals surface area contributed by atoms with Crippen molar-refractivity contribution in [3.8, 4) is 0 Å². The van der Waals surface area contributed by atoms with Gasteiger partial charge in [0, 0.05) is 36.9 Å². The minimum atomic E-state index is -0.0600. The maximum Gasteiger partial charge on any atom is 0.222 e. The first-order valence-corrected chi connectivity index (χ1v) is 10.1. The van der Waals surface area contributed by atoms with Crippen LogP contribution in [0.25, 0.3) is 4.96 Å². The summed E-state index contributed by atoms with van der Waals surface area (Å²) in [4.78, 5) is 20.2. The van der Waals surface area contributed by atoms with Gasteiger partial charge in [-0.1, -0.05) is 30.3 Å². The molecule has 7 heteroatoms. The Bertz CT molecular complexity index is 905. The summed E-state index contributed by atoms with van der Waals surface area (Å²) >= 11 is 1.61. The number of amides is 1. The fourth-order valence-electron chi connectivity index (χ4n) is 3.38. The van der Waals surface area contributed by atoms with Crippen molar-refractivity contribution in [2.75, 3.05) is 19.7 Å². The van der Waals surface area contributed by atoms with Crippen LogP contribution in [0.2, 0.25) is 0 Å². The maximum atomic E-state index is 12.3. The molecule has 1 aliphatic rings. The summed E-state index contributed by atoms with van der Waals surface area (Å²) in [7, 11) is 0. The van der Waals surface area contributed by atoms with Crippen molar-refractivity contribution in [3.05, 3.63) is 58.9 Å². The lowest BCUT2D eigenvalue weighted by Gasteiger charge is -2.32. The van der Waals surface area contributed by atoms with Gasteiger partial charge in [-0.25, -0.2) is 4.98 Å². The normalized spacial score (nSPS) is 18.0. The highest BCUT2D eigenvalue weighted by Crippen LogP contribution is 2.16. The van der Waals surface area contributed by atoms with Gasteiger partial charge in [-0.2, -0.15) is 0 Å². The summed E-state index contributed by atoms with van der Waals surface area (Å²) in [6.45, 7) is 5.75. The van der Waals surface area contributed by atoms with Crippen molar-refractivity contribution in [2.45, 2.75) is 32.5 Å². The number of fused-ring (bicyclic) bond motifs is 1. The van der Waals surface area contributed by atoms with Crippen molar-refractivity contribution in [1.82, 2.24) is 19.6 Å². The average Bonchev–Trinajstić information content (AvgIpc) is 3.23. The zero-order valence-electron chi connectivity index (χ0n) is 15.4. The van der Waals surface area contributed by atoms with E-state index in [1.54, 1.807) is 11.3 Å². The molecular formula is C20H24N4O2S. The Morgan fingerprint density at radius 1 is 1.37 bits per heavy atom. The first-order valence-electron chi connectivity index (χ1n) is 9.24. The standard InChI is InChI=1S/C20H24N4O2S/c1-15-14-27-20-22-17(12-24(15)20)10-21-19(25)9-18-13-23(7-8-26-18)11-16-5-3-2-4-6-16/h2-6,12,14,18H,7-11,13H2,1H3,(H,21,25)/t18-/m0/s1. The van der Waals surface area contributed by atoms with Crippen molar-refractivity contribution in [2.24, 2.45) is 0 Å². The second-order valence-corrected chi connectivity index (χ2v) is 7.79. The molecule has 0 spiro atoms. The van der Waals surface area contributed by atoms with Crippen LogP contribution in [0, 0.1) is 6.92 Å². The van der Waals surface area contributed by atoms with Gasteiger partial charge in [0.1, 0.15) is 0 Å². The number of carbonyl (C=O) groups excluding carboxylic acids is 1. The molecule has 0 aliphatic carbocycles. The Kier molecular flexibility index (Phi) is 5.52. The van der Waals surface area contributed by atoms with Crippen LogP contribution < -0.4 is 5.32 Å². The van der Waals surface area contributed by atoms with Crippen LogP contribution in [0.3, 0.4) is 0 Å². The number of imidazole rings is 1. The zero-order chi connectivity index (χ0) is 18.6. The van der Waals surface area contributed by atoms with Gasteiger partial charge in [-0.15, -0.1) is 11.3 Å². The van der Waals surface area contributed by atoms with Crippen LogP contribution in [-0.4, -0.2) is 46.0 Å². The van der Waals surface area contributed by atoms with E-state index >= 15 is 0 Å². The quantitative estimate of drug-likeness (QED) is 0.710. The molecule has 6 nitrogen and oxygen atoms in total. The number of hydrogen-bond acceptors (Lipinski definition) is 5. The lowest BCUT2D eigenvalue weighted by molar-refractivity contribution is -0.126. The Morgan fingerprint density at radius 2 is 2.22 bits per heavy atom. The Morgan fingerprint density at radius 3 is 3.04 bits per heavy atom. The van der Waals surface area contributed by atoms with E-state index in [1.807, 2.05) is 12.3 Å². The molecule has 4 rings (SSSR count). The molecule has 1 N–H and O–H groups in total. The van der Waals surface area contributed by atoms with Crippen LogP contribution >= 0.6 is 11.3 Å². The van der Waals surface area contributed by atoms with E-state index in [9.17, 15) is 4.79 Å². The van der Waals surface area contributed by atoms with Gasteiger partial charge in [0.2, 0.25) is 5.91 Å². The first-order chi connectivity index (χ1) is 13.2. The molecule has 1 fully saturated rings. The second kappa shape index (κ2) is 8.21. The van der Waals surface area contributed by atoms with Crippen LogP contribution in [0.15, 0.2) is 41.9 Å². The monoisotopic (exact) mass is 384 g/mol. The molecule has 1 amide bonds. The minimum absolute atomic E-state index is 0.00892. The van der Waals surface area contributed by atoms with E-state index in [2.05, 4.69) is 56.2 Å². The van der Waals surface area contributed by atoms with Crippen molar-refractivity contribution >= 4 is 22.2 Å². The van der Waals surface area contributed by atoms with Gasteiger partial charge in [0.25, 0.3) is 0 Å². The lowest BCUT2D eigenvalue weighted by Crippen LogP contribution is -2.44. The van der Waals surface area contributed by atoms with Crippen LogP contribution in [0.4, 0.5) is 0 Å². The number of benzene rings is 1. The Hall–Kier alpha value is -2.22. The van der Waals surface area contributed by atoms with Gasteiger partial charge in [0.05, 0.1) is 31.4 Å². The molecule has 1 saturated heterocycles. The molecule has 0 bridgehead atoms. The molecule has 3 aromatic rings. The number of morpholine rings is 1. The topological polar surface area (TPSA) is 58.9 Å². The molecule has 0 radical (unpaired) electrons. The highest BCUT2D eigenvalue weighted by molar-refractivity contribution is 7.15. The number of nitrogens with zero attached hydrogens (tertiary/aromatic N) is 3. The van der Waals surface area contributed by atoms with Crippen LogP contribution in [-0.2, 0) is 22.6 Å². The smallest absolute Gasteiger partial charge is 0.222 e. The molecule has 1 aromatic carbocycles. The highest BCUT2D eigenvalue weighted by atomic mass is 32.1. The van der Waals surface area contributed by atoms with E-state index in [0.717, 1.165) is 36.0 Å². The van der Waals surface area contributed by atoms with E-state index in [0.29, 0.717) is 19.6 Å². The van der Waals surface area contributed by atoms with Gasteiger partial charge < -0.3 is 10.1 Å². The molecule has 3 heterocycles. The predicted octanol–water partition coefficient (Wildman–Crippen LogP) is 2.61. The largest absolute Gasteiger partial charge is 0.375 e. The number of rotatable bonds is 6. The Balaban J connectivity index is 1.26. The highest BCUT2D eigenvalue weighted by Gasteiger charge is 2.23. The van der Waals surface area contributed by atoms with E-state index < -0.39 is 0 Å². The van der Waals surface area contributed by atoms with Crippen LogP contribution in [0.5, 0.6) is 0 Å². The minimum Gasteiger partial charge on any atom is -0.375 e. The number of thiazole rings is 1. The molecule has 27 heavy (non-hydrogen) atoms.